The van der Waals surface area contributed by atoms with Gasteiger partial charge in [-0.1, -0.05) is 34.8 Å². The maximum atomic E-state index is 11.2. The molecular weight excluding hydrogens is 234 g/mol. The molecule has 0 aromatic carbocycles. The quantitative estimate of drug-likeness (QED) is 0.765. The molecule has 0 radical (unpaired) electrons. The van der Waals surface area contributed by atoms with Gasteiger partial charge in [0.2, 0.25) is 0 Å². The third-order valence-corrected chi connectivity index (χ3v) is 2.30. The molecule has 13 heavy (non-hydrogen) atoms. The minimum atomic E-state index is -0.422. The topological polar surface area (TPSA) is 42.0 Å². The van der Waals surface area contributed by atoms with Crippen LogP contribution in [0.1, 0.15) is 10.5 Å². The number of amides is 1. The Kier molecular flexibility index (Phi) is 3.36. The summed E-state index contributed by atoms with van der Waals surface area (Å²) in [6.45, 7) is 0. The Hall–Kier alpha value is -0.510. The standard InChI is InChI=1S/C7H5Cl3N2O/c1-11-7(13)6-5(10)3(8)2-4(9)12-6/h2H,1H3,(H,11,13). The van der Waals surface area contributed by atoms with Crippen LogP contribution in [0.25, 0.3) is 0 Å². The monoisotopic (exact) mass is 238 g/mol. The number of carbonyl (C=O) groups is 1. The summed E-state index contributed by atoms with van der Waals surface area (Å²) >= 11 is 17.0. The van der Waals surface area contributed by atoms with Crippen LogP contribution in [0.15, 0.2) is 6.07 Å². The number of carbonyl (C=O) groups excluding carboxylic acids is 1. The van der Waals surface area contributed by atoms with Gasteiger partial charge in [0.05, 0.1) is 10.0 Å². The van der Waals surface area contributed by atoms with Crippen LogP contribution in [0.3, 0.4) is 0 Å². The van der Waals surface area contributed by atoms with Gasteiger partial charge in [0, 0.05) is 7.05 Å². The van der Waals surface area contributed by atoms with Crippen LogP contribution in [0.4, 0.5) is 0 Å². The Morgan fingerprint density at radius 2 is 2.08 bits per heavy atom. The van der Waals surface area contributed by atoms with Gasteiger partial charge in [0.15, 0.2) is 0 Å². The average molecular weight is 239 g/mol. The third kappa shape index (κ3) is 2.24. The maximum Gasteiger partial charge on any atom is 0.271 e. The Bertz CT molecular complexity index is 354. The van der Waals surface area contributed by atoms with Crippen molar-refractivity contribution in [3.05, 3.63) is 27.0 Å². The van der Waals surface area contributed by atoms with Gasteiger partial charge in [0.25, 0.3) is 5.91 Å². The number of pyridine rings is 1. The average Bonchev–Trinajstić information content (AvgIpc) is 2.10. The molecule has 1 aromatic heterocycles. The molecule has 1 amide bonds. The highest BCUT2D eigenvalue weighted by atomic mass is 35.5. The van der Waals surface area contributed by atoms with Crippen molar-refractivity contribution in [2.24, 2.45) is 0 Å². The molecule has 1 N–H and O–H groups in total. The zero-order valence-corrected chi connectivity index (χ0v) is 8.83. The molecule has 1 heterocycles. The molecule has 0 fully saturated rings. The lowest BCUT2D eigenvalue weighted by Crippen LogP contribution is -2.19. The van der Waals surface area contributed by atoms with Gasteiger partial charge in [-0.15, -0.1) is 0 Å². The minimum Gasteiger partial charge on any atom is -0.354 e. The maximum absolute atomic E-state index is 11.2. The van der Waals surface area contributed by atoms with E-state index in [1.165, 1.54) is 13.1 Å². The van der Waals surface area contributed by atoms with Crippen LogP contribution in [0, 0.1) is 0 Å². The fourth-order valence-electron chi connectivity index (χ4n) is 0.738. The highest BCUT2D eigenvalue weighted by Gasteiger charge is 2.14. The summed E-state index contributed by atoms with van der Waals surface area (Å²) in [6.07, 6.45) is 0. The van der Waals surface area contributed by atoms with Gasteiger partial charge in [-0.3, -0.25) is 4.79 Å². The Morgan fingerprint density at radius 1 is 1.46 bits per heavy atom. The first kappa shape index (κ1) is 10.6. The van der Waals surface area contributed by atoms with E-state index in [-0.39, 0.29) is 20.9 Å². The van der Waals surface area contributed by atoms with Gasteiger partial charge < -0.3 is 5.32 Å². The zero-order chi connectivity index (χ0) is 10.0. The van der Waals surface area contributed by atoms with E-state index in [4.69, 9.17) is 34.8 Å². The zero-order valence-electron chi connectivity index (χ0n) is 6.57. The Morgan fingerprint density at radius 3 is 2.62 bits per heavy atom. The number of hydrogen-bond donors (Lipinski definition) is 1. The van der Waals surface area contributed by atoms with Crippen LogP contribution in [0.5, 0.6) is 0 Å². The molecule has 0 saturated heterocycles. The normalized spacial score (nSPS) is 9.85. The summed E-state index contributed by atoms with van der Waals surface area (Å²) in [5, 5.41) is 2.82. The van der Waals surface area contributed by atoms with Gasteiger partial charge in [0.1, 0.15) is 10.8 Å². The van der Waals surface area contributed by atoms with E-state index in [0.29, 0.717) is 0 Å². The molecule has 0 unspecified atom stereocenters. The van der Waals surface area contributed by atoms with Crippen molar-refractivity contribution < 1.29 is 4.79 Å². The minimum absolute atomic E-state index is 0.0293. The molecule has 0 atom stereocenters. The summed E-state index contributed by atoms with van der Waals surface area (Å²) in [5.74, 6) is -0.422. The van der Waals surface area contributed by atoms with Crippen molar-refractivity contribution in [3.63, 3.8) is 0 Å². The van der Waals surface area contributed by atoms with Crippen LogP contribution in [0.2, 0.25) is 15.2 Å². The van der Waals surface area contributed by atoms with E-state index < -0.39 is 5.91 Å². The number of aromatic nitrogens is 1. The molecule has 0 spiro atoms. The lowest BCUT2D eigenvalue weighted by molar-refractivity contribution is 0.0958. The smallest absolute Gasteiger partial charge is 0.271 e. The fraction of sp³-hybridized carbons (Fsp3) is 0.143. The molecule has 0 aliphatic carbocycles. The SMILES string of the molecule is CNC(=O)c1nc(Cl)cc(Cl)c1Cl. The molecule has 0 aliphatic heterocycles. The van der Waals surface area contributed by atoms with E-state index in [2.05, 4.69) is 10.3 Å². The lowest BCUT2D eigenvalue weighted by Gasteiger charge is -2.03. The summed E-state index contributed by atoms with van der Waals surface area (Å²) in [6, 6.07) is 1.37. The molecule has 0 aliphatic rings. The molecule has 3 nitrogen and oxygen atoms in total. The first-order valence-electron chi connectivity index (χ1n) is 3.30. The van der Waals surface area contributed by atoms with Gasteiger partial charge in [-0.25, -0.2) is 4.98 Å². The van der Waals surface area contributed by atoms with Crippen LogP contribution in [-0.4, -0.2) is 17.9 Å². The van der Waals surface area contributed by atoms with E-state index in [1.807, 2.05) is 0 Å². The van der Waals surface area contributed by atoms with Crippen molar-refractivity contribution in [2.45, 2.75) is 0 Å². The van der Waals surface area contributed by atoms with Gasteiger partial charge >= 0.3 is 0 Å². The van der Waals surface area contributed by atoms with Crippen molar-refractivity contribution in [1.29, 1.82) is 0 Å². The van der Waals surface area contributed by atoms with Crippen LogP contribution >= 0.6 is 34.8 Å². The van der Waals surface area contributed by atoms with Crippen molar-refractivity contribution in [2.75, 3.05) is 7.05 Å². The van der Waals surface area contributed by atoms with Gasteiger partial charge in [-0.05, 0) is 6.07 Å². The first-order valence-corrected chi connectivity index (χ1v) is 4.43. The van der Waals surface area contributed by atoms with Gasteiger partial charge in [-0.2, -0.15) is 0 Å². The highest BCUT2D eigenvalue weighted by Crippen LogP contribution is 2.26. The number of nitrogens with zero attached hydrogens (tertiary/aromatic N) is 1. The van der Waals surface area contributed by atoms with Crippen molar-refractivity contribution in [3.8, 4) is 0 Å². The summed E-state index contributed by atoms with van der Waals surface area (Å²) in [5.41, 5.74) is 0.0293. The Labute approximate surface area is 90.0 Å². The summed E-state index contributed by atoms with van der Waals surface area (Å²) < 4.78 is 0. The third-order valence-electron chi connectivity index (χ3n) is 1.32. The first-order chi connectivity index (χ1) is 6.06. The summed E-state index contributed by atoms with van der Waals surface area (Å²) in [7, 11) is 1.47. The van der Waals surface area contributed by atoms with Crippen LogP contribution < -0.4 is 5.32 Å². The highest BCUT2D eigenvalue weighted by molar-refractivity contribution is 6.44. The molecule has 6 heteroatoms. The molecule has 0 saturated carbocycles. The van der Waals surface area contributed by atoms with Crippen molar-refractivity contribution in [1.82, 2.24) is 10.3 Å². The van der Waals surface area contributed by atoms with Crippen LogP contribution in [-0.2, 0) is 0 Å². The fourth-order valence-corrected chi connectivity index (χ4v) is 1.36. The predicted molar refractivity (Wildman–Crippen MR) is 52.7 cm³/mol. The number of nitrogens with one attached hydrogen (secondary N) is 1. The van der Waals surface area contributed by atoms with Crippen molar-refractivity contribution >= 4 is 40.7 Å². The molecular formula is C7H5Cl3N2O. The summed E-state index contributed by atoms with van der Waals surface area (Å²) in [4.78, 5) is 14.9. The molecule has 1 rings (SSSR count). The van der Waals surface area contributed by atoms with E-state index >= 15 is 0 Å². The molecule has 0 bridgehead atoms. The molecule has 70 valence electrons. The van der Waals surface area contributed by atoms with E-state index in [0.717, 1.165) is 0 Å². The second-order valence-corrected chi connectivity index (χ2v) is 3.34. The lowest BCUT2D eigenvalue weighted by atomic mass is 10.3. The Balaban J connectivity index is 3.28. The molecule has 1 aromatic rings. The van der Waals surface area contributed by atoms with E-state index in [1.54, 1.807) is 0 Å². The van der Waals surface area contributed by atoms with E-state index in [9.17, 15) is 4.79 Å². The second kappa shape index (κ2) is 4.13. The number of hydrogen-bond acceptors (Lipinski definition) is 2. The number of halogens is 3. The second-order valence-electron chi connectivity index (χ2n) is 2.17. The predicted octanol–water partition coefficient (Wildman–Crippen LogP) is 2.40. The number of rotatable bonds is 1. The largest absolute Gasteiger partial charge is 0.354 e.